The molecule has 0 aliphatic heterocycles. The molecule has 0 saturated heterocycles. The van der Waals surface area contributed by atoms with Crippen molar-refractivity contribution in [2.75, 3.05) is 0 Å². The lowest BCUT2D eigenvalue weighted by Crippen LogP contribution is -2.23. The van der Waals surface area contributed by atoms with E-state index < -0.39 is 0 Å². The predicted octanol–water partition coefficient (Wildman–Crippen LogP) is 2.19. The summed E-state index contributed by atoms with van der Waals surface area (Å²) in [4.78, 5) is 0. The molecular formula is C11H21ClN4. The number of halogens is 1. The van der Waals surface area contributed by atoms with Gasteiger partial charge < -0.3 is 11.5 Å². The van der Waals surface area contributed by atoms with Crippen molar-refractivity contribution in [3.63, 3.8) is 0 Å². The van der Waals surface area contributed by atoms with E-state index in [1.165, 1.54) is 17.6 Å². The van der Waals surface area contributed by atoms with Gasteiger partial charge in [0.25, 0.3) is 0 Å². The van der Waals surface area contributed by atoms with Crippen molar-refractivity contribution in [2.45, 2.75) is 40.0 Å². The highest BCUT2D eigenvalue weighted by Crippen LogP contribution is 2.28. The van der Waals surface area contributed by atoms with E-state index in [1.807, 2.05) is 0 Å². The molecule has 1 rings (SSSR count). The molecule has 1 unspecified atom stereocenters. The minimum atomic E-state index is 0. The highest BCUT2D eigenvalue weighted by Gasteiger charge is 2.19. The second kappa shape index (κ2) is 6.53. The zero-order valence-electron chi connectivity index (χ0n) is 10.2. The van der Waals surface area contributed by atoms with E-state index in [9.17, 15) is 0 Å². The molecule has 4 N–H and O–H groups in total. The lowest BCUT2D eigenvalue weighted by molar-refractivity contribution is 0.532. The van der Waals surface area contributed by atoms with Gasteiger partial charge in [-0.3, -0.25) is 0 Å². The zero-order chi connectivity index (χ0) is 11.4. The van der Waals surface area contributed by atoms with Crippen LogP contribution in [0.3, 0.4) is 0 Å². The summed E-state index contributed by atoms with van der Waals surface area (Å²) >= 11 is 0. The molecule has 92 valence electrons. The van der Waals surface area contributed by atoms with Crippen LogP contribution in [0, 0.1) is 5.92 Å². The van der Waals surface area contributed by atoms with Gasteiger partial charge in [0, 0.05) is 0 Å². The summed E-state index contributed by atoms with van der Waals surface area (Å²) in [6, 6.07) is 0. The molecular weight excluding hydrogens is 224 g/mol. The smallest absolute Gasteiger partial charge is 0.211 e. The Morgan fingerprint density at radius 1 is 1.31 bits per heavy atom. The Balaban J connectivity index is 0.00000225. The van der Waals surface area contributed by atoms with Crippen molar-refractivity contribution in [2.24, 2.45) is 27.6 Å². The molecule has 4 nitrogen and oxygen atoms in total. The summed E-state index contributed by atoms with van der Waals surface area (Å²) in [6.07, 6.45) is 3.28. The standard InChI is InChI=1S/C11H20N4.ClH/c1-7(2)9-5-4-8(3)6-10(9)14-15-11(12)13;/h8H,4-6H2,1-3H3,(H4,12,13,15);1H/b14-10+;. The molecule has 1 fully saturated rings. The highest BCUT2D eigenvalue weighted by atomic mass is 35.5. The van der Waals surface area contributed by atoms with Crippen LogP contribution in [0.25, 0.3) is 0 Å². The van der Waals surface area contributed by atoms with Crippen molar-refractivity contribution in [1.29, 1.82) is 0 Å². The molecule has 1 saturated carbocycles. The van der Waals surface area contributed by atoms with Crippen LogP contribution in [0.2, 0.25) is 0 Å². The Hall–Kier alpha value is -1.03. The van der Waals surface area contributed by atoms with Gasteiger partial charge in [-0.05, 0) is 44.6 Å². The summed E-state index contributed by atoms with van der Waals surface area (Å²) in [7, 11) is 0. The lowest BCUT2D eigenvalue weighted by atomic mass is 9.84. The molecule has 1 atom stereocenters. The summed E-state index contributed by atoms with van der Waals surface area (Å²) in [5, 5.41) is 7.87. The number of nitrogens with zero attached hydrogens (tertiary/aromatic N) is 2. The molecule has 16 heavy (non-hydrogen) atoms. The van der Waals surface area contributed by atoms with Crippen molar-refractivity contribution in [3.05, 3.63) is 11.1 Å². The number of hydrogen-bond donors (Lipinski definition) is 2. The van der Waals surface area contributed by atoms with E-state index in [0.717, 1.165) is 18.6 Å². The van der Waals surface area contributed by atoms with Gasteiger partial charge in [-0.2, -0.15) is 5.10 Å². The van der Waals surface area contributed by atoms with Crippen LogP contribution in [0.4, 0.5) is 0 Å². The van der Waals surface area contributed by atoms with Crippen molar-refractivity contribution < 1.29 is 0 Å². The molecule has 0 amide bonds. The SMILES string of the molecule is CC(C)=C1CCC(C)C/C1=N\N=C(N)N.Cl. The van der Waals surface area contributed by atoms with Gasteiger partial charge in [0.15, 0.2) is 0 Å². The first-order chi connectivity index (χ1) is 7.00. The molecule has 1 aliphatic carbocycles. The normalized spacial score (nSPS) is 22.6. The molecule has 5 heteroatoms. The Morgan fingerprint density at radius 2 is 1.94 bits per heavy atom. The molecule has 0 aromatic heterocycles. The third-order valence-corrected chi connectivity index (χ3v) is 2.67. The number of guanidine groups is 1. The minimum Gasteiger partial charge on any atom is -0.369 e. The predicted molar refractivity (Wildman–Crippen MR) is 71.9 cm³/mol. The monoisotopic (exact) mass is 244 g/mol. The second-order valence-electron chi connectivity index (χ2n) is 4.40. The molecule has 0 heterocycles. The van der Waals surface area contributed by atoms with Gasteiger partial charge in [0.05, 0.1) is 5.71 Å². The average molecular weight is 245 g/mol. The Labute approximate surface area is 103 Å². The third-order valence-electron chi connectivity index (χ3n) is 2.67. The molecule has 0 aromatic carbocycles. The maximum absolute atomic E-state index is 5.27. The van der Waals surface area contributed by atoms with E-state index in [1.54, 1.807) is 0 Å². The molecule has 1 aliphatic rings. The van der Waals surface area contributed by atoms with Gasteiger partial charge in [0.2, 0.25) is 5.96 Å². The van der Waals surface area contributed by atoms with Crippen LogP contribution in [0.1, 0.15) is 40.0 Å². The molecule has 0 radical (unpaired) electrons. The number of hydrogen-bond acceptors (Lipinski definition) is 2. The Bertz CT molecular complexity index is 323. The lowest BCUT2D eigenvalue weighted by Gasteiger charge is -2.23. The molecule has 0 aromatic rings. The summed E-state index contributed by atoms with van der Waals surface area (Å²) in [5.41, 5.74) is 14.2. The van der Waals surface area contributed by atoms with Crippen molar-refractivity contribution in [3.8, 4) is 0 Å². The van der Waals surface area contributed by atoms with Crippen LogP contribution >= 0.6 is 12.4 Å². The first-order valence-corrected chi connectivity index (χ1v) is 5.33. The first kappa shape index (κ1) is 15.0. The van der Waals surface area contributed by atoms with Gasteiger partial charge in [0.1, 0.15) is 0 Å². The number of nitrogens with two attached hydrogens (primary N) is 2. The fraction of sp³-hybridized carbons (Fsp3) is 0.636. The quantitative estimate of drug-likeness (QED) is 0.421. The third kappa shape index (κ3) is 4.23. The minimum absolute atomic E-state index is 0. The van der Waals surface area contributed by atoms with Gasteiger partial charge in [-0.15, -0.1) is 17.5 Å². The topological polar surface area (TPSA) is 76.8 Å². The Morgan fingerprint density at radius 3 is 2.44 bits per heavy atom. The van der Waals surface area contributed by atoms with Crippen molar-refractivity contribution in [1.82, 2.24) is 0 Å². The fourth-order valence-corrected chi connectivity index (χ4v) is 1.85. The highest BCUT2D eigenvalue weighted by molar-refractivity contribution is 6.01. The zero-order valence-corrected chi connectivity index (χ0v) is 11.0. The van der Waals surface area contributed by atoms with Crippen LogP contribution in [-0.2, 0) is 0 Å². The summed E-state index contributed by atoms with van der Waals surface area (Å²) in [5.74, 6) is 0.690. The van der Waals surface area contributed by atoms with Gasteiger partial charge >= 0.3 is 0 Å². The summed E-state index contributed by atoms with van der Waals surface area (Å²) < 4.78 is 0. The number of rotatable bonds is 1. The van der Waals surface area contributed by atoms with E-state index in [2.05, 4.69) is 31.0 Å². The molecule has 0 spiro atoms. The number of allylic oxidation sites excluding steroid dienone is 2. The van der Waals surface area contributed by atoms with E-state index >= 15 is 0 Å². The maximum atomic E-state index is 5.27. The average Bonchev–Trinajstić information content (AvgIpc) is 2.14. The van der Waals surface area contributed by atoms with E-state index in [4.69, 9.17) is 11.5 Å². The maximum Gasteiger partial charge on any atom is 0.211 e. The van der Waals surface area contributed by atoms with Crippen LogP contribution < -0.4 is 11.5 Å². The van der Waals surface area contributed by atoms with Gasteiger partial charge in [-0.25, -0.2) is 0 Å². The summed E-state index contributed by atoms with van der Waals surface area (Å²) in [6.45, 7) is 6.44. The molecule has 0 bridgehead atoms. The van der Waals surface area contributed by atoms with Crippen LogP contribution in [-0.4, -0.2) is 11.7 Å². The first-order valence-electron chi connectivity index (χ1n) is 5.33. The van der Waals surface area contributed by atoms with Crippen molar-refractivity contribution >= 4 is 24.1 Å². The largest absolute Gasteiger partial charge is 0.369 e. The van der Waals surface area contributed by atoms with Crippen LogP contribution in [0.5, 0.6) is 0 Å². The fourth-order valence-electron chi connectivity index (χ4n) is 1.85. The van der Waals surface area contributed by atoms with Gasteiger partial charge in [-0.1, -0.05) is 12.5 Å². The van der Waals surface area contributed by atoms with E-state index in [-0.39, 0.29) is 18.4 Å². The van der Waals surface area contributed by atoms with Crippen LogP contribution in [0.15, 0.2) is 21.3 Å². The second-order valence-corrected chi connectivity index (χ2v) is 4.40. The Kier molecular flexibility index (Phi) is 6.11. The van der Waals surface area contributed by atoms with E-state index in [0.29, 0.717) is 5.92 Å².